The van der Waals surface area contributed by atoms with E-state index >= 15 is 0 Å². The maximum Gasteiger partial charge on any atom is 0.238 e. The van der Waals surface area contributed by atoms with Gasteiger partial charge in [-0.15, -0.1) is 0 Å². The Morgan fingerprint density at radius 3 is 2.50 bits per heavy atom. The van der Waals surface area contributed by atoms with Crippen LogP contribution in [0.1, 0.15) is 13.8 Å². The zero-order chi connectivity index (χ0) is 15.3. The molecule has 0 aliphatic carbocycles. The van der Waals surface area contributed by atoms with Gasteiger partial charge in [-0.3, -0.25) is 14.5 Å². The van der Waals surface area contributed by atoms with Crippen LogP contribution in [0.15, 0.2) is 18.2 Å². The third-order valence-corrected chi connectivity index (χ3v) is 3.06. The number of hydrogen-bond donors (Lipinski definition) is 3. The first-order chi connectivity index (χ1) is 9.29. The SMILES string of the molecule is CC(C)N(CC(N)=O)CC(=O)Nc1ccc(Cl)c(N)c1. The lowest BCUT2D eigenvalue weighted by Crippen LogP contribution is -2.43. The number of carbonyl (C=O) groups excluding carboxylic acids is 2. The van der Waals surface area contributed by atoms with Crippen molar-refractivity contribution in [2.24, 2.45) is 5.73 Å². The largest absolute Gasteiger partial charge is 0.397 e. The quantitative estimate of drug-likeness (QED) is 0.683. The minimum Gasteiger partial charge on any atom is -0.397 e. The van der Waals surface area contributed by atoms with Gasteiger partial charge in [-0.2, -0.15) is 0 Å². The molecule has 1 aromatic carbocycles. The molecule has 5 N–H and O–H groups in total. The predicted molar refractivity (Wildman–Crippen MR) is 80.4 cm³/mol. The molecule has 0 aliphatic heterocycles. The number of nitrogens with zero attached hydrogens (tertiary/aromatic N) is 1. The molecule has 1 rings (SSSR count). The number of rotatable bonds is 6. The van der Waals surface area contributed by atoms with Crippen LogP contribution in [-0.4, -0.2) is 35.8 Å². The summed E-state index contributed by atoms with van der Waals surface area (Å²) in [6.07, 6.45) is 0. The molecule has 0 bridgehead atoms. The standard InChI is InChI=1S/C13H19ClN4O2/c1-8(2)18(6-12(16)19)7-13(20)17-9-3-4-10(14)11(15)5-9/h3-5,8H,6-7,15H2,1-2H3,(H2,16,19)(H,17,20). The monoisotopic (exact) mass is 298 g/mol. The molecular formula is C13H19ClN4O2. The fourth-order valence-electron chi connectivity index (χ4n) is 1.63. The molecule has 0 atom stereocenters. The Hall–Kier alpha value is -1.79. The number of benzene rings is 1. The van der Waals surface area contributed by atoms with Crippen LogP contribution in [0.3, 0.4) is 0 Å². The molecule has 20 heavy (non-hydrogen) atoms. The number of amides is 2. The van der Waals surface area contributed by atoms with E-state index in [-0.39, 0.29) is 25.0 Å². The van der Waals surface area contributed by atoms with E-state index in [4.69, 9.17) is 23.1 Å². The first-order valence-electron chi connectivity index (χ1n) is 6.17. The van der Waals surface area contributed by atoms with Crippen LogP contribution >= 0.6 is 11.6 Å². The van der Waals surface area contributed by atoms with E-state index in [0.29, 0.717) is 16.4 Å². The highest BCUT2D eigenvalue weighted by atomic mass is 35.5. The van der Waals surface area contributed by atoms with Crippen molar-refractivity contribution in [2.75, 3.05) is 24.1 Å². The van der Waals surface area contributed by atoms with Gasteiger partial charge in [0, 0.05) is 11.7 Å². The van der Waals surface area contributed by atoms with Gasteiger partial charge in [0.25, 0.3) is 0 Å². The van der Waals surface area contributed by atoms with E-state index in [1.165, 1.54) is 0 Å². The minimum absolute atomic E-state index is 0.0311. The number of nitrogen functional groups attached to an aromatic ring is 1. The zero-order valence-electron chi connectivity index (χ0n) is 11.5. The van der Waals surface area contributed by atoms with Crippen LogP contribution in [0.5, 0.6) is 0 Å². The highest BCUT2D eigenvalue weighted by Gasteiger charge is 2.16. The van der Waals surface area contributed by atoms with Gasteiger partial charge in [0.15, 0.2) is 0 Å². The summed E-state index contributed by atoms with van der Waals surface area (Å²) in [5.41, 5.74) is 11.8. The van der Waals surface area contributed by atoms with E-state index in [2.05, 4.69) is 5.32 Å². The van der Waals surface area contributed by atoms with Crippen molar-refractivity contribution in [2.45, 2.75) is 19.9 Å². The number of halogens is 1. The fraction of sp³-hybridized carbons (Fsp3) is 0.385. The third-order valence-electron chi connectivity index (χ3n) is 2.72. The fourth-order valence-corrected chi connectivity index (χ4v) is 1.75. The van der Waals surface area contributed by atoms with Crippen LogP contribution in [-0.2, 0) is 9.59 Å². The third kappa shape index (κ3) is 5.07. The van der Waals surface area contributed by atoms with Gasteiger partial charge < -0.3 is 16.8 Å². The Balaban J connectivity index is 2.65. The highest BCUT2D eigenvalue weighted by Crippen LogP contribution is 2.22. The molecule has 0 fully saturated rings. The van der Waals surface area contributed by atoms with E-state index < -0.39 is 5.91 Å². The predicted octanol–water partition coefficient (Wildman–Crippen LogP) is 1.06. The normalized spacial score (nSPS) is 10.8. The molecule has 0 saturated carbocycles. The second-order valence-corrected chi connectivity index (χ2v) is 5.16. The first kappa shape index (κ1) is 16.3. The van der Waals surface area contributed by atoms with Crippen molar-refractivity contribution in [3.63, 3.8) is 0 Å². The van der Waals surface area contributed by atoms with Gasteiger partial charge in [-0.05, 0) is 32.0 Å². The molecule has 6 nitrogen and oxygen atoms in total. The van der Waals surface area contributed by atoms with Gasteiger partial charge in [-0.25, -0.2) is 0 Å². The van der Waals surface area contributed by atoms with Crippen molar-refractivity contribution < 1.29 is 9.59 Å². The molecule has 0 radical (unpaired) electrons. The average molecular weight is 299 g/mol. The number of nitrogens with two attached hydrogens (primary N) is 2. The lowest BCUT2D eigenvalue weighted by atomic mass is 10.2. The van der Waals surface area contributed by atoms with E-state index in [1.54, 1.807) is 23.1 Å². The zero-order valence-corrected chi connectivity index (χ0v) is 12.3. The molecule has 110 valence electrons. The number of hydrogen-bond acceptors (Lipinski definition) is 4. The maximum absolute atomic E-state index is 11.9. The number of anilines is 2. The van der Waals surface area contributed by atoms with Gasteiger partial charge in [0.05, 0.1) is 23.8 Å². The summed E-state index contributed by atoms with van der Waals surface area (Å²) >= 11 is 5.80. The Morgan fingerprint density at radius 2 is 2.00 bits per heavy atom. The first-order valence-corrected chi connectivity index (χ1v) is 6.54. The van der Waals surface area contributed by atoms with Crippen molar-refractivity contribution in [1.29, 1.82) is 0 Å². The summed E-state index contributed by atoms with van der Waals surface area (Å²) in [7, 11) is 0. The molecule has 0 saturated heterocycles. The highest BCUT2D eigenvalue weighted by molar-refractivity contribution is 6.33. The van der Waals surface area contributed by atoms with Gasteiger partial charge in [0.2, 0.25) is 11.8 Å². The number of nitrogens with one attached hydrogen (secondary N) is 1. The topological polar surface area (TPSA) is 101 Å². The molecule has 0 aromatic heterocycles. The Kier molecular flexibility index (Phi) is 5.79. The molecule has 2 amide bonds. The molecule has 7 heteroatoms. The Morgan fingerprint density at radius 1 is 1.35 bits per heavy atom. The second-order valence-electron chi connectivity index (χ2n) is 4.75. The molecule has 0 spiro atoms. The molecule has 0 heterocycles. The van der Waals surface area contributed by atoms with Crippen LogP contribution in [0.25, 0.3) is 0 Å². The average Bonchev–Trinajstić information content (AvgIpc) is 2.32. The maximum atomic E-state index is 11.9. The van der Waals surface area contributed by atoms with Crippen LogP contribution in [0, 0.1) is 0 Å². The van der Waals surface area contributed by atoms with Crippen molar-refractivity contribution >= 4 is 34.8 Å². The lowest BCUT2D eigenvalue weighted by Gasteiger charge is -2.24. The van der Waals surface area contributed by atoms with Crippen LogP contribution in [0.4, 0.5) is 11.4 Å². The van der Waals surface area contributed by atoms with Gasteiger partial charge in [-0.1, -0.05) is 11.6 Å². The van der Waals surface area contributed by atoms with Gasteiger partial charge >= 0.3 is 0 Å². The molecule has 0 aliphatic rings. The molecular weight excluding hydrogens is 280 g/mol. The Bertz CT molecular complexity index is 505. The van der Waals surface area contributed by atoms with Crippen molar-refractivity contribution in [3.8, 4) is 0 Å². The summed E-state index contributed by atoms with van der Waals surface area (Å²) in [5, 5.41) is 3.13. The van der Waals surface area contributed by atoms with Crippen molar-refractivity contribution in [1.82, 2.24) is 4.90 Å². The minimum atomic E-state index is -0.470. The van der Waals surface area contributed by atoms with E-state index in [9.17, 15) is 9.59 Å². The number of primary amides is 1. The molecule has 1 aromatic rings. The second kappa shape index (κ2) is 7.12. The summed E-state index contributed by atoms with van der Waals surface area (Å²) in [6, 6.07) is 4.87. The van der Waals surface area contributed by atoms with Crippen LogP contribution < -0.4 is 16.8 Å². The number of carbonyl (C=O) groups is 2. The van der Waals surface area contributed by atoms with Crippen molar-refractivity contribution in [3.05, 3.63) is 23.2 Å². The van der Waals surface area contributed by atoms with E-state index in [1.807, 2.05) is 13.8 Å². The van der Waals surface area contributed by atoms with E-state index in [0.717, 1.165) is 0 Å². The Labute approximate surface area is 123 Å². The summed E-state index contributed by atoms with van der Waals surface area (Å²) in [6.45, 7) is 3.88. The summed E-state index contributed by atoms with van der Waals surface area (Å²) in [5.74, 6) is -0.719. The van der Waals surface area contributed by atoms with Crippen LogP contribution in [0.2, 0.25) is 5.02 Å². The smallest absolute Gasteiger partial charge is 0.238 e. The van der Waals surface area contributed by atoms with Gasteiger partial charge in [0.1, 0.15) is 0 Å². The molecule has 0 unspecified atom stereocenters. The summed E-state index contributed by atoms with van der Waals surface area (Å²) < 4.78 is 0. The summed E-state index contributed by atoms with van der Waals surface area (Å²) in [4.78, 5) is 24.6. The lowest BCUT2D eigenvalue weighted by molar-refractivity contribution is -0.121.